The Labute approximate surface area is 211 Å². The molecule has 0 fully saturated rings. The molecule has 9 heteroatoms. The van der Waals surface area contributed by atoms with Gasteiger partial charge in [0, 0.05) is 37.8 Å². The number of benzene rings is 1. The van der Waals surface area contributed by atoms with Gasteiger partial charge >= 0.3 is 0 Å². The molecule has 0 aliphatic heterocycles. The maximum Gasteiger partial charge on any atom is 0.104 e. The summed E-state index contributed by atoms with van der Waals surface area (Å²) >= 11 is 0. The Balaban J connectivity index is 2.54. The van der Waals surface area contributed by atoms with Crippen molar-refractivity contribution in [1.29, 1.82) is 0 Å². The molecule has 0 heterocycles. The van der Waals surface area contributed by atoms with Gasteiger partial charge < -0.3 is 28.4 Å². The van der Waals surface area contributed by atoms with Crippen LogP contribution >= 0.6 is 0 Å². The van der Waals surface area contributed by atoms with E-state index in [4.69, 9.17) is 34.0 Å². The van der Waals surface area contributed by atoms with E-state index in [0.717, 1.165) is 18.4 Å². The largest absolute Gasteiger partial charge is 0.379 e. The zero-order chi connectivity index (χ0) is 26.2. The second-order valence-corrected chi connectivity index (χ2v) is 9.79. The summed E-state index contributed by atoms with van der Waals surface area (Å²) in [5.74, 6) is 0. The van der Waals surface area contributed by atoms with Crippen molar-refractivity contribution in [2.75, 3.05) is 47.3 Å². The molecule has 0 bridgehead atoms. The summed E-state index contributed by atoms with van der Waals surface area (Å²) in [5, 5.41) is 3.57. The number of rotatable bonds is 20. The van der Waals surface area contributed by atoms with Crippen LogP contribution in [0.1, 0.15) is 59.4 Å². The highest BCUT2D eigenvalue weighted by molar-refractivity contribution is 5.38. The molecular weight excluding hydrogens is 450 g/mol. The highest BCUT2D eigenvalue weighted by Crippen LogP contribution is 2.22. The van der Waals surface area contributed by atoms with Gasteiger partial charge in [-0.2, -0.15) is 0 Å². The van der Waals surface area contributed by atoms with Crippen LogP contribution in [0.5, 0.6) is 0 Å². The Morgan fingerprint density at radius 2 is 1.60 bits per heavy atom. The summed E-state index contributed by atoms with van der Waals surface area (Å²) in [6.07, 6.45) is 2.12. The lowest BCUT2D eigenvalue weighted by Crippen LogP contribution is -2.37. The molecule has 2 unspecified atom stereocenters. The fraction of sp³-hybridized carbons (Fsp3) is 0.769. The van der Waals surface area contributed by atoms with Gasteiger partial charge in [-0.3, -0.25) is 0 Å². The predicted molar refractivity (Wildman–Crippen MR) is 137 cm³/mol. The molecule has 35 heavy (non-hydrogen) atoms. The van der Waals surface area contributed by atoms with Crippen LogP contribution in [0.3, 0.4) is 0 Å². The smallest absolute Gasteiger partial charge is 0.104 e. The Morgan fingerprint density at radius 3 is 2.20 bits per heavy atom. The third-order valence-corrected chi connectivity index (χ3v) is 5.64. The normalized spacial score (nSPS) is 13.9. The third kappa shape index (κ3) is 14.4. The molecule has 9 nitrogen and oxygen atoms in total. The molecule has 0 aromatic heterocycles. The van der Waals surface area contributed by atoms with Crippen molar-refractivity contribution in [3.63, 3.8) is 0 Å². The molecule has 200 valence electrons. The van der Waals surface area contributed by atoms with Crippen molar-refractivity contribution in [1.82, 2.24) is 0 Å². The minimum Gasteiger partial charge on any atom is -0.379 e. The van der Waals surface area contributed by atoms with E-state index in [1.807, 2.05) is 12.1 Å². The predicted octanol–water partition coefficient (Wildman–Crippen LogP) is 5.97. The molecule has 0 saturated heterocycles. The number of hydrogen-bond acceptors (Lipinski definition) is 7. The quantitative estimate of drug-likeness (QED) is 0.0955. The lowest BCUT2D eigenvalue weighted by molar-refractivity contribution is -0.118. The SMILES string of the molecule is CCCOCC(CC(C)(C)OCCC(C)(C)OC)OCC(COCc1ccc(N=[N+]=[N-])cc1)OC. The van der Waals surface area contributed by atoms with E-state index in [1.165, 1.54) is 0 Å². The minimum atomic E-state index is -0.370. The van der Waals surface area contributed by atoms with Crippen molar-refractivity contribution >= 4 is 5.69 Å². The average Bonchev–Trinajstić information content (AvgIpc) is 2.82. The molecule has 0 aliphatic carbocycles. The van der Waals surface area contributed by atoms with E-state index >= 15 is 0 Å². The van der Waals surface area contributed by atoms with Gasteiger partial charge in [-0.15, -0.1) is 0 Å². The van der Waals surface area contributed by atoms with Crippen molar-refractivity contribution in [3.8, 4) is 0 Å². The van der Waals surface area contributed by atoms with E-state index in [0.29, 0.717) is 51.7 Å². The van der Waals surface area contributed by atoms with Crippen molar-refractivity contribution < 1.29 is 28.4 Å². The van der Waals surface area contributed by atoms with Crippen LogP contribution in [0.2, 0.25) is 0 Å². The van der Waals surface area contributed by atoms with E-state index in [-0.39, 0.29) is 23.4 Å². The van der Waals surface area contributed by atoms with Crippen LogP contribution in [0, 0.1) is 0 Å². The third-order valence-electron chi connectivity index (χ3n) is 5.64. The van der Waals surface area contributed by atoms with Crippen LogP contribution in [-0.4, -0.2) is 70.7 Å². The first kappa shape index (κ1) is 31.3. The monoisotopic (exact) mass is 495 g/mol. The second kappa shape index (κ2) is 16.9. The summed E-state index contributed by atoms with van der Waals surface area (Å²) in [6.45, 7) is 13.4. The molecule has 0 aliphatic rings. The lowest BCUT2D eigenvalue weighted by atomic mass is 10.00. The molecule has 0 saturated carbocycles. The standard InChI is InChI=1S/C26H45N3O6/c1-8-14-32-18-23(16-26(4,5)35-15-13-25(2,3)31-7)34-20-24(30-6)19-33-17-21-9-11-22(12-10-21)28-29-27/h9-12,23-24H,8,13-20H2,1-7H3. The van der Waals surface area contributed by atoms with E-state index in [9.17, 15) is 0 Å². The number of ether oxygens (including phenoxy) is 6. The summed E-state index contributed by atoms with van der Waals surface area (Å²) in [5.41, 5.74) is 9.47. The van der Waals surface area contributed by atoms with Gasteiger partial charge in [-0.05, 0) is 51.6 Å². The maximum absolute atomic E-state index is 8.50. The Morgan fingerprint density at radius 1 is 0.914 bits per heavy atom. The van der Waals surface area contributed by atoms with Crippen LogP contribution in [0.25, 0.3) is 10.4 Å². The van der Waals surface area contributed by atoms with Crippen molar-refractivity contribution in [3.05, 3.63) is 40.3 Å². The fourth-order valence-corrected chi connectivity index (χ4v) is 3.25. The zero-order valence-electron chi connectivity index (χ0n) is 22.6. The van der Waals surface area contributed by atoms with Gasteiger partial charge in [0.25, 0.3) is 0 Å². The number of methoxy groups -OCH3 is 2. The topological polar surface area (TPSA) is 104 Å². The summed E-state index contributed by atoms with van der Waals surface area (Å²) < 4.78 is 35.1. The van der Waals surface area contributed by atoms with Gasteiger partial charge in [-0.1, -0.05) is 36.3 Å². The van der Waals surface area contributed by atoms with Gasteiger partial charge in [0.2, 0.25) is 0 Å². The molecule has 1 aromatic rings. The number of azide groups is 1. The Bertz CT molecular complexity index is 735. The van der Waals surface area contributed by atoms with Gasteiger partial charge in [0.1, 0.15) is 6.10 Å². The molecular formula is C26H45N3O6. The summed E-state index contributed by atoms with van der Waals surface area (Å²) in [4.78, 5) is 2.78. The minimum absolute atomic E-state index is 0.127. The number of nitrogens with zero attached hydrogens (tertiary/aromatic N) is 3. The van der Waals surface area contributed by atoms with Crippen molar-refractivity contribution in [2.24, 2.45) is 5.11 Å². The molecule has 1 aromatic carbocycles. The average molecular weight is 496 g/mol. The van der Waals surface area contributed by atoms with Crippen molar-refractivity contribution in [2.45, 2.75) is 83.9 Å². The Hall–Kier alpha value is -1.71. The highest BCUT2D eigenvalue weighted by Gasteiger charge is 2.27. The lowest BCUT2D eigenvalue weighted by Gasteiger charge is -2.32. The summed E-state index contributed by atoms with van der Waals surface area (Å²) in [6, 6.07) is 7.27. The van der Waals surface area contributed by atoms with Crippen LogP contribution in [0.4, 0.5) is 5.69 Å². The van der Waals surface area contributed by atoms with E-state index in [2.05, 4.69) is 44.6 Å². The van der Waals surface area contributed by atoms with Crippen LogP contribution in [-0.2, 0) is 35.0 Å². The zero-order valence-corrected chi connectivity index (χ0v) is 22.6. The number of hydrogen-bond donors (Lipinski definition) is 0. The molecule has 0 N–H and O–H groups in total. The highest BCUT2D eigenvalue weighted by atomic mass is 16.6. The molecule has 2 atom stereocenters. The van der Waals surface area contributed by atoms with Crippen LogP contribution in [0.15, 0.2) is 29.4 Å². The first-order valence-electron chi connectivity index (χ1n) is 12.3. The van der Waals surface area contributed by atoms with Gasteiger partial charge in [-0.25, -0.2) is 0 Å². The molecule has 1 rings (SSSR count). The first-order chi connectivity index (χ1) is 16.6. The van der Waals surface area contributed by atoms with Gasteiger partial charge in [0.05, 0.1) is 50.3 Å². The second-order valence-electron chi connectivity index (χ2n) is 9.79. The Kier molecular flexibility index (Phi) is 15.1. The first-order valence-corrected chi connectivity index (χ1v) is 12.3. The van der Waals surface area contributed by atoms with Gasteiger partial charge in [0.15, 0.2) is 0 Å². The van der Waals surface area contributed by atoms with E-state index < -0.39 is 0 Å². The maximum atomic E-state index is 8.50. The molecule has 0 radical (unpaired) electrons. The van der Waals surface area contributed by atoms with Crippen LogP contribution < -0.4 is 0 Å². The molecule has 0 spiro atoms. The van der Waals surface area contributed by atoms with E-state index in [1.54, 1.807) is 26.4 Å². The molecule has 0 amide bonds. The summed E-state index contributed by atoms with van der Waals surface area (Å²) in [7, 11) is 3.37. The fourth-order valence-electron chi connectivity index (χ4n) is 3.25.